The number of aromatic nitrogens is 1. The van der Waals surface area contributed by atoms with Crippen molar-refractivity contribution >= 4 is 34.9 Å². The van der Waals surface area contributed by atoms with Crippen molar-refractivity contribution < 1.29 is 14.1 Å². The summed E-state index contributed by atoms with van der Waals surface area (Å²) in [7, 11) is 0. The molecule has 2 N–H and O–H groups in total. The van der Waals surface area contributed by atoms with Crippen LogP contribution < -0.4 is 10.6 Å². The lowest BCUT2D eigenvalue weighted by Crippen LogP contribution is -2.15. The Bertz CT molecular complexity index is 987. The number of carbonyl (C=O) groups excluding carboxylic acids is 2. The van der Waals surface area contributed by atoms with Crippen LogP contribution in [0.5, 0.6) is 0 Å². The third-order valence-corrected chi connectivity index (χ3v) is 4.25. The molecule has 3 rings (SSSR count). The Morgan fingerprint density at radius 3 is 2.04 bits per heavy atom. The number of benzene rings is 2. The number of rotatable bonds is 4. The lowest BCUT2D eigenvalue weighted by molar-refractivity contribution is 0.101. The van der Waals surface area contributed by atoms with E-state index in [1.54, 1.807) is 43.3 Å². The monoisotopic (exact) mass is 383 g/mol. The van der Waals surface area contributed by atoms with Crippen LogP contribution in [0.25, 0.3) is 0 Å². The van der Waals surface area contributed by atoms with Crippen LogP contribution in [-0.4, -0.2) is 17.0 Å². The van der Waals surface area contributed by atoms with Crippen LogP contribution in [0.15, 0.2) is 47.0 Å². The van der Waals surface area contributed by atoms with Gasteiger partial charge in [0, 0.05) is 17.2 Å². The number of amides is 2. The first-order valence-electron chi connectivity index (χ1n) is 8.26. The second-order valence-electron chi connectivity index (χ2n) is 6.25. The maximum Gasteiger partial charge on any atom is 0.256 e. The minimum Gasteiger partial charge on any atom is -0.360 e. The molecule has 6 nitrogen and oxygen atoms in total. The van der Waals surface area contributed by atoms with E-state index in [-0.39, 0.29) is 11.8 Å². The largest absolute Gasteiger partial charge is 0.360 e. The van der Waals surface area contributed by atoms with Crippen molar-refractivity contribution in [1.82, 2.24) is 5.16 Å². The molecule has 1 heterocycles. The summed E-state index contributed by atoms with van der Waals surface area (Å²) in [4.78, 5) is 24.7. The fraction of sp³-hybridized carbons (Fsp3) is 0.150. The molecule has 3 aromatic rings. The SMILES string of the molecule is Cc1cc(C)c(NC(=O)c2ccc(C(=O)Nc3cc(C)on3)cc2)c(Cl)c1. The molecule has 138 valence electrons. The lowest BCUT2D eigenvalue weighted by Gasteiger charge is -2.12. The van der Waals surface area contributed by atoms with Crippen molar-refractivity contribution in [2.75, 3.05) is 10.6 Å². The minimum atomic E-state index is -0.340. The highest BCUT2D eigenvalue weighted by Crippen LogP contribution is 2.27. The van der Waals surface area contributed by atoms with Gasteiger partial charge in [0.2, 0.25) is 0 Å². The van der Waals surface area contributed by atoms with Crippen LogP contribution in [0.2, 0.25) is 5.02 Å². The van der Waals surface area contributed by atoms with Gasteiger partial charge in [0.05, 0.1) is 10.7 Å². The molecule has 0 aliphatic rings. The fourth-order valence-corrected chi connectivity index (χ4v) is 3.01. The molecule has 0 unspecified atom stereocenters. The summed E-state index contributed by atoms with van der Waals surface area (Å²) in [5.41, 5.74) is 3.30. The Labute approximate surface area is 161 Å². The molecule has 7 heteroatoms. The van der Waals surface area contributed by atoms with Crippen molar-refractivity contribution in [3.05, 3.63) is 75.5 Å². The molecular weight excluding hydrogens is 366 g/mol. The molecule has 0 aliphatic carbocycles. The van der Waals surface area contributed by atoms with Crippen LogP contribution >= 0.6 is 11.6 Å². The van der Waals surface area contributed by atoms with Gasteiger partial charge in [-0.2, -0.15) is 0 Å². The molecule has 0 aliphatic heterocycles. The molecule has 0 saturated heterocycles. The zero-order valence-corrected chi connectivity index (χ0v) is 15.8. The van der Waals surface area contributed by atoms with Crippen molar-refractivity contribution in [1.29, 1.82) is 0 Å². The Kier molecular flexibility index (Phi) is 5.28. The van der Waals surface area contributed by atoms with Gasteiger partial charge in [-0.1, -0.05) is 22.8 Å². The fourth-order valence-electron chi connectivity index (χ4n) is 2.65. The van der Waals surface area contributed by atoms with Crippen molar-refractivity contribution in [3.63, 3.8) is 0 Å². The number of hydrogen-bond acceptors (Lipinski definition) is 4. The van der Waals surface area contributed by atoms with E-state index in [2.05, 4.69) is 15.8 Å². The average molecular weight is 384 g/mol. The molecule has 2 amide bonds. The van der Waals surface area contributed by atoms with Gasteiger partial charge in [-0.3, -0.25) is 9.59 Å². The zero-order valence-electron chi connectivity index (χ0n) is 15.1. The van der Waals surface area contributed by atoms with Gasteiger partial charge in [-0.05, 0) is 62.2 Å². The highest BCUT2D eigenvalue weighted by Gasteiger charge is 2.13. The Balaban J connectivity index is 1.71. The van der Waals surface area contributed by atoms with Gasteiger partial charge >= 0.3 is 0 Å². The van der Waals surface area contributed by atoms with E-state index in [0.717, 1.165) is 11.1 Å². The average Bonchev–Trinajstić information content (AvgIpc) is 3.02. The van der Waals surface area contributed by atoms with E-state index >= 15 is 0 Å². The minimum absolute atomic E-state index is 0.303. The molecule has 1 aromatic heterocycles. The molecule has 0 spiro atoms. The van der Waals surface area contributed by atoms with E-state index in [1.165, 1.54) is 0 Å². The number of halogens is 1. The smallest absolute Gasteiger partial charge is 0.256 e. The third-order valence-electron chi connectivity index (χ3n) is 3.95. The Hall–Kier alpha value is -3.12. The van der Waals surface area contributed by atoms with Crippen molar-refractivity contribution in [2.24, 2.45) is 0 Å². The predicted molar refractivity (Wildman–Crippen MR) is 105 cm³/mol. The number of anilines is 2. The molecule has 0 saturated carbocycles. The molecule has 27 heavy (non-hydrogen) atoms. The summed E-state index contributed by atoms with van der Waals surface area (Å²) in [6.45, 7) is 5.56. The lowest BCUT2D eigenvalue weighted by atomic mass is 10.1. The van der Waals surface area contributed by atoms with Gasteiger partial charge in [-0.25, -0.2) is 0 Å². The molecule has 2 aromatic carbocycles. The summed E-state index contributed by atoms with van der Waals surface area (Å²) < 4.78 is 4.91. The summed E-state index contributed by atoms with van der Waals surface area (Å²) >= 11 is 6.23. The number of aryl methyl sites for hydroxylation is 3. The Morgan fingerprint density at radius 2 is 1.52 bits per heavy atom. The number of carbonyl (C=O) groups is 2. The number of nitrogens with one attached hydrogen (secondary N) is 2. The standard InChI is InChI=1S/C20H18ClN3O3/c1-11-8-12(2)18(16(21)9-11)23-20(26)15-6-4-14(5-7-15)19(25)22-17-10-13(3)27-24-17/h4-10H,1-3H3,(H,23,26)(H,22,24,25). The second-order valence-corrected chi connectivity index (χ2v) is 6.65. The number of hydrogen-bond donors (Lipinski definition) is 2. The molecule has 0 fully saturated rings. The summed E-state index contributed by atoms with van der Waals surface area (Å²) in [5.74, 6) is 0.293. The second kappa shape index (κ2) is 7.63. The molecule has 0 bridgehead atoms. The first kappa shape index (κ1) is 18.7. The van der Waals surface area contributed by atoms with Gasteiger partial charge in [0.1, 0.15) is 5.76 Å². The first-order chi connectivity index (χ1) is 12.8. The Morgan fingerprint density at radius 1 is 0.926 bits per heavy atom. The van der Waals surface area contributed by atoms with Crippen molar-refractivity contribution in [3.8, 4) is 0 Å². The van der Waals surface area contributed by atoms with Gasteiger partial charge in [0.25, 0.3) is 11.8 Å². The van der Waals surface area contributed by atoms with Crippen molar-refractivity contribution in [2.45, 2.75) is 20.8 Å². The van der Waals surface area contributed by atoms with Gasteiger partial charge < -0.3 is 15.2 Å². The van der Waals surface area contributed by atoms with E-state index in [0.29, 0.717) is 33.4 Å². The van der Waals surface area contributed by atoms with E-state index in [9.17, 15) is 9.59 Å². The summed E-state index contributed by atoms with van der Waals surface area (Å²) in [6.07, 6.45) is 0. The molecular formula is C20H18ClN3O3. The normalized spacial score (nSPS) is 10.5. The van der Waals surface area contributed by atoms with Crippen LogP contribution in [0, 0.1) is 20.8 Å². The van der Waals surface area contributed by atoms with Crippen LogP contribution in [-0.2, 0) is 0 Å². The highest BCUT2D eigenvalue weighted by molar-refractivity contribution is 6.34. The van der Waals surface area contributed by atoms with Gasteiger partial charge in [0.15, 0.2) is 5.82 Å². The number of nitrogens with zero attached hydrogens (tertiary/aromatic N) is 1. The topological polar surface area (TPSA) is 84.2 Å². The predicted octanol–water partition coefficient (Wildman–Crippen LogP) is 4.76. The van der Waals surface area contributed by atoms with E-state index in [4.69, 9.17) is 16.1 Å². The quantitative estimate of drug-likeness (QED) is 0.680. The summed E-state index contributed by atoms with van der Waals surface area (Å²) in [6, 6.07) is 11.7. The van der Waals surface area contributed by atoms with Gasteiger partial charge in [-0.15, -0.1) is 0 Å². The molecule has 0 atom stereocenters. The van der Waals surface area contributed by atoms with Crippen LogP contribution in [0.3, 0.4) is 0 Å². The highest BCUT2D eigenvalue weighted by atomic mass is 35.5. The molecule has 0 radical (unpaired) electrons. The first-order valence-corrected chi connectivity index (χ1v) is 8.64. The maximum atomic E-state index is 12.5. The summed E-state index contributed by atoms with van der Waals surface area (Å²) in [5, 5.41) is 9.64. The van der Waals surface area contributed by atoms with E-state index in [1.807, 2.05) is 19.9 Å². The van der Waals surface area contributed by atoms with Crippen LogP contribution in [0.4, 0.5) is 11.5 Å². The zero-order chi connectivity index (χ0) is 19.6. The van der Waals surface area contributed by atoms with Crippen LogP contribution in [0.1, 0.15) is 37.6 Å². The maximum absolute atomic E-state index is 12.5. The third kappa shape index (κ3) is 4.35. The van der Waals surface area contributed by atoms with E-state index < -0.39 is 0 Å².